The van der Waals surface area contributed by atoms with Crippen LogP contribution in [0, 0.1) is 0 Å². The van der Waals surface area contributed by atoms with Crippen LogP contribution in [0.5, 0.6) is 0 Å². The third-order valence-corrected chi connectivity index (χ3v) is 4.17. The number of carbonyl (C=O) groups is 1. The molecule has 7 heteroatoms. The Bertz CT molecular complexity index is 1080. The first-order valence-electron chi connectivity index (χ1n) is 9.03. The van der Waals surface area contributed by atoms with E-state index in [1.54, 1.807) is 16.9 Å². The van der Waals surface area contributed by atoms with Crippen molar-refractivity contribution in [2.24, 2.45) is 0 Å². The van der Waals surface area contributed by atoms with Crippen molar-refractivity contribution < 1.29 is 4.79 Å². The van der Waals surface area contributed by atoms with Crippen LogP contribution in [0.2, 0.25) is 0 Å². The van der Waals surface area contributed by atoms with Crippen molar-refractivity contribution in [1.82, 2.24) is 20.1 Å². The standard InChI is InChI=1S/C21H20N6O/c28-21(25-20-12-15-27(26-20)17-7-2-1-3-8-17)23-14-13-22-19-11-10-16-6-4-5-9-18(16)24-19/h1-12,15H,13-14H2,(H,22,24)(H2,23,25,26,28). The summed E-state index contributed by atoms with van der Waals surface area (Å²) >= 11 is 0. The van der Waals surface area contributed by atoms with Crippen molar-refractivity contribution in [1.29, 1.82) is 0 Å². The summed E-state index contributed by atoms with van der Waals surface area (Å²) in [6.45, 7) is 1.02. The molecule has 2 heterocycles. The number of aromatic nitrogens is 3. The molecule has 0 spiro atoms. The van der Waals surface area contributed by atoms with Gasteiger partial charge in [0.1, 0.15) is 5.82 Å². The number of nitrogens with zero attached hydrogens (tertiary/aromatic N) is 3. The van der Waals surface area contributed by atoms with E-state index in [-0.39, 0.29) is 6.03 Å². The summed E-state index contributed by atoms with van der Waals surface area (Å²) in [6.07, 6.45) is 1.80. The first-order chi connectivity index (χ1) is 13.8. The van der Waals surface area contributed by atoms with Crippen molar-refractivity contribution >= 4 is 28.6 Å². The van der Waals surface area contributed by atoms with Crippen LogP contribution in [0.3, 0.4) is 0 Å². The second kappa shape index (κ2) is 8.22. The lowest BCUT2D eigenvalue weighted by Gasteiger charge is -2.08. The summed E-state index contributed by atoms with van der Waals surface area (Å²) in [4.78, 5) is 16.6. The zero-order chi connectivity index (χ0) is 19.2. The minimum atomic E-state index is -0.299. The molecule has 2 aromatic carbocycles. The molecular weight excluding hydrogens is 352 g/mol. The number of urea groups is 1. The van der Waals surface area contributed by atoms with E-state index in [1.807, 2.05) is 66.7 Å². The number of hydrogen-bond donors (Lipinski definition) is 3. The normalized spacial score (nSPS) is 10.6. The Hall–Kier alpha value is -3.87. The molecule has 3 N–H and O–H groups in total. The molecule has 0 bridgehead atoms. The maximum atomic E-state index is 12.0. The van der Waals surface area contributed by atoms with E-state index in [4.69, 9.17) is 0 Å². The molecule has 2 aromatic heterocycles. The van der Waals surface area contributed by atoms with Gasteiger partial charge in [0.2, 0.25) is 0 Å². The molecule has 0 atom stereocenters. The van der Waals surface area contributed by atoms with Gasteiger partial charge in [-0.05, 0) is 30.3 Å². The molecule has 0 radical (unpaired) electrons. The van der Waals surface area contributed by atoms with Gasteiger partial charge in [-0.25, -0.2) is 14.5 Å². The average molecular weight is 372 g/mol. The van der Waals surface area contributed by atoms with E-state index < -0.39 is 0 Å². The first-order valence-corrected chi connectivity index (χ1v) is 9.03. The number of hydrogen-bond acceptors (Lipinski definition) is 4. The van der Waals surface area contributed by atoms with Crippen LogP contribution in [-0.2, 0) is 0 Å². The molecule has 0 aliphatic rings. The predicted octanol–water partition coefficient (Wildman–Crippen LogP) is 3.65. The van der Waals surface area contributed by atoms with Gasteiger partial charge in [0.25, 0.3) is 0 Å². The number of pyridine rings is 1. The van der Waals surface area contributed by atoms with Crippen LogP contribution in [0.1, 0.15) is 0 Å². The first kappa shape index (κ1) is 17.5. The molecular formula is C21H20N6O. The fourth-order valence-electron chi connectivity index (χ4n) is 2.81. The van der Waals surface area contributed by atoms with E-state index in [0.717, 1.165) is 22.4 Å². The lowest BCUT2D eigenvalue weighted by molar-refractivity contribution is 0.252. The van der Waals surface area contributed by atoms with Crippen molar-refractivity contribution in [3.05, 3.63) is 79.0 Å². The minimum absolute atomic E-state index is 0.299. The van der Waals surface area contributed by atoms with E-state index >= 15 is 0 Å². The number of fused-ring (bicyclic) bond motifs is 1. The zero-order valence-electron chi connectivity index (χ0n) is 15.2. The molecule has 0 saturated carbocycles. The number of nitrogens with one attached hydrogen (secondary N) is 3. The Morgan fingerprint density at radius 1 is 0.857 bits per heavy atom. The van der Waals surface area contributed by atoms with Crippen molar-refractivity contribution in [2.75, 3.05) is 23.7 Å². The molecule has 0 aliphatic carbocycles. The van der Waals surface area contributed by atoms with Gasteiger partial charge in [-0.3, -0.25) is 5.32 Å². The molecule has 7 nitrogen and oxygen atoms in total. The van der Waals surface area contributed by atoms with Gasteiger partial charge < -0.3 is 10.6 Å². The van der Waals surface area contributed by atoms with E-state index in [0.29, 0.717) is 18.9 Å². The fraction of sp³-hybridized carbons (Fsp3) is 0.0952. The van der Waals surface area contributed by atoms with Gasteiger partial charge >= 0.3 is 6.03 Å². The molecule has 28 heavy (non-hydrogen) atoms. The highest BCUT2D eigenvalue weighted by molar-refractivity contribution is 5.88. The summed E-state index contributed by atoms with van der Waals surface area (Å²) in [6, 6.07) is 23.1. The lowest BCUT2D eigenvalue weighted by Crippen LogP contribution is -2.32. The molecule has 4 rings (SSSR count). The van der Waals surface area contributed by atoms with Crippen LogP contribution in [0.25, 0.3) is 16.6 Å². The van der Waals surface area contributed by atoms with E-state index in [9.17, 15) is 4.79 Å². The van der Waals surface area contributed by atoms with Crippen LogP contribution in [0.15, 0.2) is 79.0 Å². The van der Waals surface area contributed by atoms with Gasteiger partial charge in [-0.1, -0.05) is 36.4 Å². The van der Waals surface area contributed by atoms with Gasteiger partial charge in [-0.2, -0.15) is 0 Å². The largest absolute Gasteiger partial charge is 0.368 e. The van der Waals surface area contributed by atoms with Gasteiger partial charge in [0.05, 0.1) is 11.2 Å². The Morgan fingerprint density at radius 2 is 1.68 bits per heavy atom. The fourth-order valence-corrected chi connectivity index (χ4v) is 2.81. The van der Waals surface area contributed by atoms with Crippen LogP contribution >= 0.6 is 0 Å². The summed E-state index contributed by atoms with van der Waals surface area (Å²) in [5.41, 5.74) is 1.87. The summed E-state index contributed by atoms with van der Waals surface area (Å²) in [5.74, 6) is 1.27. The van der Waals surface area contributed by atoms with E-state index in [2.05, 4.69) is 26.0 Å². The number of anilines is 2. The highest BCUT2D eigenvalue weighted by Gasteiger charge is 2.05. The molecule has 0 aliphatic heterocycles. The van der Waals surface area contributed by atoms with E-state index in [1.165, 1.54) is 0 Å². The number of benzene rings is 2. The summed E-state index contributed by atoms with van der Waals surface area (Å²) in [5, 5.41) is 14.2. The lowest BCUT2D eigenvalue weighted by atomic mass is 10.2. The molecule has 0 unspecified atom stereocenters. The predicted molar refractivity (Wildman–Crippen MR) is 111 cm³/mol. The maximum absolute atomic E-state index is 12.0. The average Bonchev–Trinajstić information content (AvgIpc) is 3.20. The third-order valence-electron chi connectivity index (χ3n) is 4.17. The molecule has 0 fully saturated rings. The topological polar surface area (TPSA) is 83.9 Å². The van der Waals surface area contributed by atoms with Crippen molar-refractivity contribution in [2.45, 2.75) is 0 Å². The quantitative estimate of drug-likeness (QED) is 0.451. The number of carbonyl (C=O) groups excluding carboxylic acids is 1. The molecule has 4 aromatic rings. The monoisotopic (exact) mass is 372 g/mol. The molecule has 2 amide bonds. The number of para-hydroxylation sites is 2. The second-order valence-electron chi connectivity index (χ2n) is 6.18. The van der Waals surface area contributed by atoms with Crippen LogP contribution in [-0.4, -0.2) is 33.9 Å². The second-order valence-corrected chi connectivity index (χ2v) is 6.18. The van der Waals surface area contributed by atoms with Crippen LogP contribution in [0.4, 0.5) is 16.4 Å². The Morgan fingerprint density at radius 3 is 2.57 bits per heavy atom. The Labute approximate surface area is 162 Å². The van der Waals surface area contributed by atoms with Gasteiger partial charge in [0.15, 0.2) is 5.82 Å². The number of amides is 2. The van der Waals surface area contributed by atoms with Crippen molar-refractivity contribution in [3.63, 3.8) is 0 Å². The highest BCUT2D eigenvalue weighted by atomic mass is 16.2. The highest BCUT2D eigenvalue weighted by Crippen LogP contribution is 2.14. The summed E-state index contributed by atoms with van der Waals surface area (Å²) in [7, 11) is 0. The Balaban J connectivity index is 1.24. The molecule has 140 valence electrons. The Kier molecular flexibility index (Phi) is 5.15. The summed E-state index contributed by atoms with van der Waals surface area (Å²) < 4.78 is 1.71. The number of rotatable bonds is 6. The minimum Gasteiger partial charge on any atom is -0.368 e. The van der Waals surface area contributed by atoms with Gasteiger partial charge in [-0.15, -0.1) is 5.10 Å². The van der Waals surface area contributed by atoms with Crippen LogP contribution < -0.4 is 16.0 Å². The van der Waals surface area contributed by atoms with Crippen molar-refractivity contribution in [3.8, 4) is 5.69 Å². The smallest absolute Gasteiger partial charge is 0.320 e. The SMILES string of the molecule is O=C(NCCNc1ccc2ccccc2n1)Nc1ccn(-c2ccccc2)n1. The third kappa shape index (κ3) is 4.27. The van der Waals surface area contributed by atoms with Gasteiger partial charge in [0, 0.05) is 30.7 Å². The zero-order valence-corrected chi connectivity index (χ0v) is 15.2. The maximum Gasteiger partial charge on any atom is 0.320 e. The molecule has 0 saturated heterocycles.